The van der Waals surface area contributed by atoms with E-state index in [1.54, 1.807) is 0 Å². The second kappa shape index (κ2) is 7.33. The fraction of sp³-hybridized carbons (Fsp3) is 0.526. The van der Waals surface area contributed by atoms with Crippen LogP contribution in [-0.4, -0.2) is 36.8 Å². The highest BCUT2D eigenvalue weighted by molar-refractivity contribution is 7.91. The summed E-state index contributed by atoms with van der Waals surface area (Å²) < 4.78 is 25.6. The summed E-state index contributed by atoms with van der Waals surface area (Å²) in [5, 5.41) is 5.46. The molecule has 1 fully saturated rings. The summed E-state index contributed by atoms with van der Waals surface area (Å²) in [5.41, 5.74) is 4.40. The molecule has 0 radical (unpaired) electrons. The average Bonchev–Trinajstić information content (AvgIpc) is 3.08. The third kappa shape index (κ3) is 3.82. The summed E-state index contributed by atoms with van der Waals surface area (Å²) in [4.78, 5) is 1.32. The first-order valence-corrected chi connectivity index (χ1v) is 11.2. The Morgan fingerprint density at radius 2 is 2.04 bits per heavy atom. The highest BCUT2D eigenvalue weighted by Crippen LogP contribution is 2.27. The summed E-state index contributed by atoms with van der Waals surface area (Å²) in [6, 6.07) is 8.17. The van der Waals surface area contributed by atoms with E-state index >= 15 is 0 Å². The van der Waals surface area contributed by atoms with Crippen molar-refractivity contribution in [3.8, 4) is 0 Å². The van der Waals surface area contributed by atoms with Crippen LogP contribution in [0, 0.1) is 13.8 Å². The average molecular weight is 397 g/mol. The zero-order chi connectivity index (χ0) is 19.1. The minimum absolute atomic E-state index is 0.0336. The van der Waals surface area contributed by atoms with Crippen LogP contribution in [-0.2, 0) is 16.4 Å². The molecule has 1 unspecified atom stereocenters. The van der Waals surface area contributed by atoms with E-state index in [0.29, 0.717) is 6.42 Å². The van der Waals surface area contributed by atoms with Gasteiger partial charge in [-0.3, -0.25) is 4.68 Å². The molecular weight excluding hydrogens is 370 g/mol. The van der Waals surface area contributed by atoms with Crippen LogP contribution in [0.2, 0.25) is 5.02 Å². The first-order valence-electron chi connectivity index (χ1n) is 9.01. The van der Waals surface area contributed by atoms with Gasteiger partial charge in [-0.2, -0.15) is 5.10 Å². The van der Waals surface area contributed by atoms with E-state index < -0.39 is 9.84 Å². The molecule has 1 aromatic carbocycles. The Morgan fingerprint density at radius 1 is 1.35 bits per heavy atom. The van der Waals surface area contributed by atoms with Gasteiger partial charge in [0, 0.05) is 16.3 Å². The second-order valence-electron chi connectivity index (χ2n) is 7.42. The Kier molecular flexibility index (Phi) is 5.47. The molecular formula is C19H27ClN3O2S+. The summed E-state index contributed by atoms with van der Waals surface area (Å²) in [5.74, 6) is 0.465. The number of quaternary nitrogens is 1. The maximum atomic E-state index is 11.8. The maximum Gasteiger partial charge on any atom is 0.152 e. The fourth-order valence-corrected chi connectivity index (χ4v) is 5.79. The van der Waals surface area contributed by atoms with Crippen LogP contribution < -0.4 is 4.90 Å². The van der Waals surface area contributed by atoms with Crippen LogP contribution in [0.1, 0.15) is 47.9 Å². The van der Waals surface area contributed by atoms with Gasteiger partial charge in [0.15, 0.2) is 9.84 Å². The van der Waals surface area contributed by atoms with Crippen molar-refractivity contribution in [1.82, 2.24) is 9.78 Å². The van der Waals surface area contributed by atoms with Crippen molar-refractivity contribution in [3.05, 3.63) is 51.8 Å². The van der Waals surface area contributed by atoms with Crippen LogP contribution in [0.4, 0.5) is 0 Å². The molecule has 1 aromatic heterocycles. The Hall–Kier alpha value is -1.37. The third-order valence-corrected chi connectivity index (χ3v) is 7.69. The van der Waals surface area contributed by atoms with Crippen molar-refractivity contribution in [2.24, 2.45) is 0 Å². The standard InChI is InChI=1S/C19H26ClN3O2S/c1-13-18(11-22(4)14(2)17-7-5-6-8-19(17)20)15(3)23(21-13)16-9-10-26(24,25)12-16/h5-8,14,16H,9-12H2,1-4H3/p+1/t14-,16-/m0/s1. The van der Waals surface area contributed by atoms with Crippen molar-refractivity contribution in [1.29, 1.82) is 0 Å². The molecule has 1 aliphatic rings. The van der Waals surface area contributed by atoms with Gasteiger partial charge < -0.3 is 4.90 Å². The molecule has 0 amide bonds. The Labute approximate surface area is 160 Å². The van der Waals surface area contributed by atoms with Crippen LogP contribution >= 0.6 is 11.6 Å². The van der Waals surface area contributed by atoms with Crippen LogP contribution in [0.3, 0.4) is 0 Å². The summed E-state index contributed by atoms with van der Waals surface area (Å²) in [6.07, 6.45) is 0.655. The number of aryl methyl sites for hydroxylation is 1. The monoisotopic (exact) mass is 396 g/mol. The molecule has 1 N–H and O–H groups in total. The van der Waals surface area contributed by atoms with Crippen molar-refractivity contribution in [2.75, 3.05) is 18.6 Å². The number of halogens is 1. The van der Waals surface area contributed by atoms with E-state index in [2.05, 4.69) is 25.1 Å². The number of hydrogen-bond acceptors (Lipinski definition) is 3. The molecule has 2 aromatic rings. The second-order valence-corrected chi connectivity index (χ2v) is 10.1. The molecule has 0 saturated carbocycles. The zero-order valence-electron chi connectivity index (χ0n) is 15.8. The molecule has 0 aliphatic carbocycles. The molecule has 142 valence electrons. The van der Waals surface area contributed by atoms with E-state index in [1.165, 1.54) is 10.5 Å². The number of hydrogen-bond donors (Lipinski definition) is 1. The third-order valence-electron chi connectivity index (χ3n) is 5.60. The normalized spacial score (nSPS) is 21.7. The van der Waals surface area contributed by atoms with Crippen LogP contribution in [0.5, 0.6) is 0 Å². The molecule has 0 spiro atoms. The van der Waals surface area contributed by atoms with Gasteiger partial charge in [-0.05, 0) is 33.3 Å². The Balaban J connectivity index is 1.81. The minimum Gasteiger partial charge on any atom is -0.328 e. The number of nitrogens with zero attached hydrogens (tertiary/aromatic N) is 2. The van der Waals surface area contributed by atoms with Crippen molar-refractivity contribution >= 4 is 21.4 Å². The van der Waals surface area contributed by atoms with Crippen molar-refractivity contribution in [2.45, 2.75) is 45.8 Å². The number of rotatable bonds is 5. The summed E-state index contributed by atoms with van der Waals surface area (Å²) in [6.45, 7) is 7.06. The lowest BCUT2D eigenvalue weighted by molar-refractivity contribution is -0.924. The molecule has 3 rings (SSSR count). The molecule has 0 bridgehead atoms. The van der Waals surface area contributed by atoms with Gasteiger partial charge in [0.2, 0.25) is 0 Å². The lowest BCUT2D eigenvalue weighted by Crippen LogP contribution is -3.07. The molecule has 1 saturated heterocycles. The van der Waals surface area contributed by atoms with Crippen LogP contribution in [0.25, 0.3) is 0 Å². The lowest BCUT2D eigenvalue weighted by Gasteiger charge is -2.23. The van der Waals surface area contributed by atoms with Gasteiger partial charge in [0.1, 0.15) is 12.6 Å². The molecule has 1 aliphatic heterocycles. The molecule has 3 atom stereocenters. The maximum absolute atomic E-state index is 11.8. The first-order chi connectivity index (χ1) is 12.2. The summed E-state index contributed by atoms with van der Waals surface area (Å²) in [7, 11) is -0.765. The summed E-state index contributed by atoms with van der Waals surface area (Å²) >= 11 is 6.36. The predicted molar refractivity (Wildman–Crippen MR) is 104 cm³/mol. The van der Waals surface area contributed by atoms with Gasteiger partial charge in [0.05, 0.1) is 35.9 Å². The van der Waals surface area contributed by atoms with E-state index in [-0.39, 0.29) is 23.6 Å². The van der Waals surface area contributed by atoms with Gasteiger partial charge in [-0.15, -0.1) is 0 Å². The number of aromatic nitrogens is 2. The highest BCUT2D eigenvalue weighted by Gasteiger charge is 2.32. The number of benzene rings is 1. The van der Waals surface area contributed by atoms with E-state index in [4.69, 9.17) is 11.6 Å². The Morgan fingerprint density at radius 3 is 2.65 bits per heavy atom. The largest absolute Gasteiger partial charge is 0.328 e. The van der Waals surface area contributed by atoms with Gasteiger partial charge in [0.25, 0.3) is 0 Å². The molecule has 26 heavy (non-hydrogen) atoms. The van der Waals surface area contributed by atoms with Crippen LogP contribution in [0.15, 0.2) is 24.3 Å². The smallest absolute Gasteiger partial charge is 0.152 e. The number of sulfone groups is 1. The fourth-order valence-electron chi connectivity index (χ4n) is 3.80. The van der Waals surface area contributed by atoms with Gasteiger partial charge in [-0.1, -0.05) is 29.8 Å². The predicted octanol–water partition coefficient (Wildman–Crippen LogP) is 2.29. The molecule has 2 heterocycles. The van der Waals surface area contributed by atoms with E-state index in [9.17, 15) is 8.42 Å². The SMILES string of the molecule is Cc1nn([C@H]2CCS(=O)(=O)C2)c(C)c1C[NH+](C)[C@@H](C)c1ccccc1Cl. The molecule has 5 nitrogen and oxygen atoms in total. The minimum atomic E-state index is -2.92. The quantitative estimate of drug-likeness (QED) is 0.843. The lowest BCUT2D eigenvalue weighted by atomic mass is 10.1. The van der Waals surface area contributed by atoms with Crippen molar-refractivity contribution in [3.63, 3.8) is 0 Å². The molecule has 7 heteroatoms. The van der Waals surface area contributed by atoms with Gasteiger partial charge >= 0.3 is 0 Å². The van der Waals surface area contributed by atoms with E-state index in [1.807, 2.05) is 36.7 Å². The van der Waals surface area contributed by atoms with Gasteiger partial charge in [-0.25, -0.2) is 8.42 Å². The zero-order valence-corrected chi connectivity index (χ0v) is 17.4. The Bertz CT molecular complexity index is 908. The topological polar surface area (TPSA) is 56.4 Å². The van der Waals surface area contributed by atoms with Crippen molar-refractivity contribution < 1.29 is 13.3 Å². The van der Waals surface area contributed by atoms with E-state index in [0.717, 1.165) is 28.5 Å². The number of nitrogens with one attached hydrogen (secondary N) is 1. The first kappa shape index (κ1) is 19.4. The highest BCUT2D eigenvalue weighted by atomic mass is 35.5.